The predicted octanol–water partition coefficient (Wildman–Crippen LogP) is -1.79. The molecule has 2 aliphatic heterocycles. The van der Waals surface area contributed by atoms with E-state index in [1.54, 1.807) is 12.1 Å². The molecule has 0 aliphatic carbocycles. The average Bonchev–Trinajstić information content (AvgIpc) is 2.78. The van der Waals surface area contributed by atoms with Gasteiger partial charge in [-0.15, -0.1) is 0 Å². The van der Waals surface area contributed by atoms with Crippen LogP contribution in [0.25, 0.3) is 22.6 Å². The van der Waals surface area contributed by atoms with Gasteiger partial charge in [-0.25, -0.2) is 9.78 Å². The number of hydrogen-bond acceptors (Lipinski definition) is 10. The van der Waals surface area contributed by atoms with E-state index in [9.17, 15) is 34.5 Å². The van der Waals surface area contributed by atoms with Gasteiger partial charge in [0.1, 0.15) is 18.3 Å². The summed E-state index contributed by atoms with van der Waals surface area (Å²) in [7, 11) is 0. The molecule has 0 radical (unpaired) electrons. The fraction of sp³-hybridized carbons (Fsp3) is 0.429. The molecule has 3 rings (SSSR count). The molecule has 0 bridgehead atoms. The predicted molar refractivity (Wildman–Crippen MR) is 120 cm³/mol. The second-order valence-electron chi connectivity index (χ2n) is 7.79. The third-order valence-corrected chi connectivity index (χ3v) is 5.12. The second-order valence-corrected chi connectivity index (χ2v) is 7.79. The number of aliphatic hydroxyl groups excluding tert-OH is 4. The summed E-state index contributed by atoms with van der Waals surface area (Å²) in [6.07, 6.45) is -5.27. The first kappa shape index (κ1) is 27.5. The Kier molecular flexibility index (Phi) is 9.13. The molecule has 0 saturated heterocycles. The van der Waals surface area contributed by atoms with Gasteiger partial charge in [-0.1, -0.05) is 0 Å². The zero-order chi connectivity index (χ0) is 26.4. The topological polar surface area (TPSA) is 236 Å². The van der Waals surface area contributed by atoms with E-state index in [4.69, 9.17) is 15.3 Å². The van der Waals surface area contributed by atoms with Gasteiger partial charge in [-0.2, -0.15) is 4.98 Å². The van der Waals surface area contributed by atoms with Crippen molar-refractivity contribution in [3.8, 4) is 11.5 Å². The largest absolute Gasteiger partial charge is 0.481 e. The summed E-state index contributed by atoms with van der Waals surface area (Å²) >= 11 is 0. The molecule has 0 unspecified atom stereocenters. The third-order valence-electron chi connectivity index (χ3n) is 5.12. The molecule has 14 heteroatoms. The lowest BCUT2D eigenvalue weighted by Gasteiger charge is -2.25. The highest BCUT2D eigenvalue weighted by Crippen LogP contribution is 2.24. The van der Waals surface area contributed by atoms with Crippen molar-refractivity contribution < 1.29 is 40.2 Å². The molecule has 190 valence electrons. The van der Waals surface area contributed by atoms with E-state index in [0.29, 0.717) is 11.0 Å². The van der Waals surface area contributed by atoms with E-state index in [2.05, 4.69) is 15.0 Å². The van der Waals surface area contributed by atoms with Crippen LogP contribution >= 0.6 is 0 Å². The Morgan fingerprint density at radius 2 is 1.54 bits per heavy atom. The summed E-state index contributed by atoms with van der Waals surface area (Å²) < 4.78 is 1.40. The standard InChI is InChI=1S/C17H20N4O6.C4H6O4/c1-7-3-9-10(4-8(7)2)21(5-11(23)14(25)12(24)6-22)15-13(18-9)16(26)20-17(27)19-15;5-3(6)1-2-4(7)8/h3-4,11-12,14,22-25H,5-6H2,1-2H3,(H,20,26,27);1-2H2,(H,5,6)(H,7,8)/t11-,12+,14-;/m0./s1. The Hall–Kier alpha value is -3.72. The lowest BCUT2D eigenvalue weighted by Crippen LogP contribution is -2.42. The van der Waals surface area contributed by atoms with Gasteiger partial charge in [0.2, 0.25) is 0 Å². The fourth-order valence-electron chi connectivity index (χ4n) is 3.11. The van der Waals surface area contributed by atoms with Crippen LogP contribution in [0.5, 0.6) is 0 Å². The number of carboxylic acid groups (broad SMARTS) is 2. The van der Waals surface area contributed by atoms with Crippen molar-refractivity contribution in [3.05, 3.63) is 44.1 Å². The minimum absolute atomic E-state index is 0.0516. The molecule has 0 spiro atoms. The molecule has 7 N–H and O–H groups in total. The van der Waals surface area contributed by atoms with Crippen molar-refractivity contribution in [1.29, 1.82) is 0 Å². The number of benzene rings is 1. The Morgan fingerprint density at radius 3 is 2.09 bits per heavy atom. The van der Waals surface area contributed by atoms with Crippen molar-refractivity contribution >= 4 is 23.0 Å². The summed E-state index contributed by atoms with van der Waals surface area (Å²) in [4.78, 5) is 53.3. The van der Waals surface area contributed by atoms with E-state index in [1.165, 1.54) is 4.57 Å². The van der Waals surface area contributed by atoms with Crippen LogP contribution in [0.15, 0.2) is 21.7 Å². The van der Waals surface area contributed by atoms with Crippen molar-refractivity contribution in [2.24, 2.45) is 0 Å². The quantitative estimate of drug-likeness (QED) is 0.172. The molecule has 0 fully saturated rings. The molecule has 14 nitrogen and oxygen atoms in total. The van der Waals surface area contributed by atoms with Gasteiger partial charge in [-0.05, 0) is 37.1 Å². The molecule has 1 aromatic rings. The third kappa shape index (κ3) is 6.89. The number of H-pyrrole nitrogens is 1. The van der Waals surface area contributed by atoms with Crippen LogP contribution in [0.1, 0.15) is 24.0 Å². The van der Waals surface area contributed by atoms with Gasteiger partial charge >= 0.3 is 17.6 Å². The van der Waals surface area contributed by atoms with Gasteiger partial charge in [0.05, 0.1) is 37.0 Å². The van der Waals surface area contributed by atoms with Gasteiger partial charge < -0.3 is 35.2 Å². The maximum absolute atomic E-state index is 12.2. The van der Waals surface area contributed by atoms with Crippen molar-refractivity contribution in [2.45, 2.75) is 51.5 Å². The molecule has 1 aromatic carbocycles. The number of aliphatic hydroxyl groups is 4. The summed E-state index contributed by atoms with van der Waals surface area (Å²) in [6, 6.07) is 3.53. The van der Waals surface area contributed by atoms with Crippen molar-refractivity contribution in [1.82, 2.24) is 19.5 Å². The van der Waals surface area contributed by atoms with Gasteiger partial charge in [0, 0.05) is 0 Å². The number of aromatic nitrogens is 4. The normalized spacial score (nSPS) is 13.7. The molecule has 0 amide bonds. The molecule has 2 aliphatic rings. The van der Waals surface area contributed by atoms with E-state index >= 15 is 0 Å². The first-order valence-electron chi connectivity index (χ1n) is 10.4. The SMILES string of the molecule is Cc1cc2nc3c(=O)[nH]c(=O)nc-3n(C[C@H](O)[C@H](O)[C@H](O)CO)c2cc1C.O=C(O)CCC(=O)O. The summed E-state index contributed by atoms with van der Waals surface area (Å²) in [5, 5.41) is 54.6. The number of nitrogens with zero attached hydrogens (tertiary/aromatic N) is 3. The van der Waals surface area contributed by atoms with Crippen LogP contribution in [0.2, 0.25) is 0 Å². The number of carbonyl (C=O) groups is 2. The first-order chi connectivity index (χ1) is 16.3. The van der Waals surface area contributed by atoms with Crippen LogP contribution < -0.4 is 11.2 Å². The van der Waals surface area contributed by atoms with Crippen molar-refractivity contribution in [2.75, 3.05) is 6.61 Å². The highest BCUT2D eigenvalue weighted by molar-refractivity contribution is 5.81. The highest BCUT2D eigenvalue weighted by atomic mass is 16.4. The molecule has 35 heavy (non-hydrogen) atoms. The number of aromatic amines is 1. The number of carboxylic acids is 2. The minimum Gasteiger partial charge on any atom is -0.481 e. The van der Waals surface area contributed by atoms with Gasteiger partial charge in [-0.3, -0.25) is 19.4 Å². The number of rotatable bonds is 8. The average molecular weight is 494 g/mol. The fourth-order valence-corrected chi connectivity index (χ4v) is 3.11. The van der Waals surface area contributed by atoms with Crippen LogP contribution in [0, 0.1) is 13.8 Å². The van der Waals surface area contributed by atoms with E-state index in [1.807, 2.05) is 13.8 Å². The molecule has 0 saturated carbocycles. The summed E-state index contributed by atoms with van der Waals surface area (Å²) in [6.45, 7) is 2.73. The number of hydrogen-bond donors (Lipinski definition) is 7. The second kappa shape index (κ2) is 11.6. The Labute approximate surface area is 197 Å². The summed E-state index contributed by atoms with van der Waals surface area (Å²) in [5.41, 5.74) is 1.11. The highest BCUT2D eigenvalue weighted by Gasteiger charge is 2.27. The number of aliphatic carboxylic acids is 2. The van der Waals surface area contributed by atoms with E-state index < -0.39 is 48.1 Å². The van der Waals surface area contributed by atoms with Gasteiger partial charge in [0.15, 0.2) is 11.5 Å². The minimum atomic E-state index is -1.64. The van der Waals surface area contributed by atoms with E-state index in [-0.39, 0.29) is 30.9 Å². The maximum atomic E-state index is 12.2. The Balaban J connectivity index is 0.000000466. The monoisotopic (exact) mass is 494 g/mol. The van der Waals surface area contributed by atoms with Crippen LogP contribution in [-0.4, -0.2) is 87.0 Å². The van der Waals surface area contributed by atoms with Crippen LogP contribution in [0.3, 0.4) is 0 Å². The number of fused-ring (bicyclic) bond motifs is 2. The molecule has 3 atom stereocenters. The van der Waals surface area contributed by atoms with Crippen LogP contribution in [0.4, 0.5) is 0 Å². The number of nitrogens with one attached hydrogen (secondary N) is 1. The zero-order valence-electron chi connectivity index (χ0n) is 18.9. The molecular formula is C21H26N4O10. The van der Waals surface area contributed by atoms with Crippen molar-refractivity contribution in [3.63, 3.8) is 0 Å². The van der Waals surface area contributed by atoms with E-state index in [0.717, 1.165) is 11.1 Å². The Bertz CT molecular complexity index is 1290. The molecule has 2 heterocycles. The Morgan fingerprint density at radius 1 is 0.971 bits per heavy atom. The maximum Gasteiger partial charge on any atom is 0.349 e. The zero-order valence-corrected chi connectivity index (χ0v) is 18.9. The molecular weight excluding hydrogens is 468 g/mol. The lowest BCUT2D eigenvalue weighted by atomic mass is 10.1. The van der Waals surface area contributed by atoms with Gasteiger partial charge in [0.25, 0.3) is 5.56 Å². The first-order valence-corrected chi connectivity index (χ1v) is 10.4. The number of aryl methyl sites for hydroxylation is 2. The smallest absolute Gasteiger partial charge is 0.349 e. The summed E-state index contributed by atoms with van der Waals surface area (Å²) in [5.74, 6) is -2.20. The van der Waals surface area contributed by atoms with Crippen LogP contribution in [-0.2, 0) is 16.1 Å². The lowest BCUT2D eigenvalue weighted by molar-refractivity contribution is -0.143. The molecule has 0 aromatic heterocycles.